The first kappa shape index (κ1) is 16.8. The fraction of sp³-hybridized carbons (Fsp3) is 0.450. The number of pyridine rings is 1. The number of ether oxygens (including phenoxy) is 2. The fourth-order valence-electron chi connectivity index (χ4n) is 3.02. The molecule has 2 aromatic heterocycles. The van der Waals surface area contributed by atoms with Crippen LogP contribution in [0.2, 0.25) is 0 Å². The van der Waals surface area contributed by atoms with Crippen molar-refractivity contribution >= 4 is 0 Å². The van der Waals surface area contributed by atoms with Crippen molar-refractivity contribution in [3.05, 3.63) is 29.6 Å². The molecule has 134 valence electrons. The van der Waals surface area contributed by atoms with Gasteiger partial charge in [-0.15, -0.1) is 0 Å². The lowest BCUT2D eigenvalue weighted by molar-refractivity contribution is 0.353. The second-order valence-corrected chi connectivity index (χ2v) is 6.74. The minimum atomic E-state index is -0.299. The summed E-state index contributed by atoms with van der Waals surface area (Å²) >= 11 is 0. The van der Waals surface area contributed by atoms with Crippen LogP contribution in [0, 0.1) is 23.7 Å². The molecule has 6 heteroatoms. The zero-order valence-electron chi connectivity index (χ0n) is 14.8. The predicted molar refractivity (Wildman–Crippen MR) is 94.8 cm³/mol. The molecule has 0 radical (unpaired) electrons. The topological polar surface area (TPSA) is 57.1 Å². The molecule has 4 rings (SSSR count). The zero-order chi connectivity index (χ0) is 18.1. The SMILES string of the molecule is COc1ncc(-c2cc([C@H]3C[C@@H]3CF)c(C#CC3CC3)cn2)c(OC)n1. The monoisotopic (exact) mass is 353 g/mol. The number of halogens is 1. The van der Waals surface area contributed by atoms with Crippen LogP contribution in [0.15, 0.2) is 18.5 Å². The van der Waals surface area contributed by atoms with E-state index in [1.807, 2.05) is 6.07 Å². The molecule has 0 saturated heterocycles. The van der Waals surface area contributed by atoms with E-state index >= 15 is 0 Å². The van der Waals surface area contributed by atoms with E-state index in [0.29, 0.717) is 23.1 Å². The molecular weight excluding hydrogens is 333 g/mol. The Morgan fingerprint density at radius 3 is 2.69 bits per heavy atom. The second kappa shape index (κ2) is 6.91. The Morgan fingerprint density at radius 2 is 2.04 bits per heavy atom. The van der Waals surface area contributed by atoms with Gasteiger partial charge >= 0.3 is 6.01 Å². The highest BCUT2D eigenvalue weighted by Gasteiger charge is 2.39. The molecule has 0 amide bonds. The molecule has 2 aromatic rings. The number of rotatable bonds is 5. The third kappa shape index (κ3) is 3.34. The Balaban J connectivity index is 1.74. The Labute approximate surface area is 152 Å². The Morgan fingerprint density at radius 1 is 1.19 bits per heavy atom. The molecule has 26 heavy (non-hydrogen) atoms. The molecule has 2 aliphatic carbocycles. The van der Waals surface area contributed by atoms with Crippen molar-refractivity contribution in [2.45, 2.75) is 25.2 Å². The zero-order valence-corrected chi connectivity index (χ0v) is 14.8. The molecular formula is C20H20FN3O2. The summed E-state index contributed by atoms with van der Waals surface area (Å²) in [5.74, 6) is 7.71. The number of aromatic nitrogens is 3. The lowest BCUT2D eigenvalue weighted by Gasteiger charge is -2.10. The van der Waals surface area contributed by atoms with Gasteiger partial charge in [0.25, 0.3) is 0 Å². The molecule has 0 spiro atoms. The summed E-state index contributed by atoms with van der Waals surface area (Å²) in [6, 6.07) is 2.21. The quantitative estimate of drug-likeness (QED) is 0.771. The lowest BCUT2D eigenvalue weighted by atomic mass is 10.0. The van der Waals surface area contributed by atoms with E-state index in [1.54, 1.807) is 19.5 Å². The maximum absolute atomic E-state index is 13.1. The smallest absolute Gasteiger partial charge is 0.319 e. The van der Waals surface area contributed by atoms with Crippen LogP contribution in [-0.2, 0) is 0 Å². The molecule has 2 saturated carbocycles. The average Bonchev–Trinajstić information content (AvgIpc) is 3.60. The van der Waals surface area contributed by atoms with E-state index in [9.17, 15) is 4.39 Å². The van der Waals surface area contributed by atoms with Gasteiger partial charge in [0.1, 0.15) is 0 Å². The summed E-state index contributed by atoms with van der Waals surface area (Å²) in [6.45, 7) is -0.299. The van der Waals surface area contributed by atoms with Crippen molar-refractivity contribution in [2.24, 2.45) is 11.8 Å². The van der Waals surface area contributed by atoms with Crippen LogP contribution in [0.3, 0.4) is 0 Å². The van der Waals surface area contributed by atoms with E-state index in [-0.39, 0.29) is 24.5 Å². The predicted octanol–water partition coefficient (Wildman–Crippen LogP) is 3.39. The van der Waals surface area contributed by atoms with Crippen molar-refractivity contribution < 1.29 is 13.9 Å². The third-order valence-electron chi connectivity index (χ3n) is 4.83. The summed E-state index contributed by atoms with van der Waals surface area (Å²) in [5, 5.41) is 0. The van der Waals surface area contributed by atoms with Gasteiger partial charge in [0.05, 0.1) is 32.2 Å². The minimum absolute atomic E-state index is 0.0840. The maximum Gasteiger partial charge on any atom is 0.319 e. The van der Waals surface area contributed by atoms with Gasteiger partial charge < -0.3 is 9.47 Å². The summed E-state index contributed by atoms with van der Waals surface area (Å²) in [6.07, 6.45) is 6.60. The van der Waals surface area contributed by atoms with Crippen molar-refractivity contribution in [3.8, 4) is 35.0 Å². The number of nitrogens with zero attached hydrogens (tertiary/aromatic N) is 3. The van der Waals surface area contributed by atoms with Crippen molar-refractivity contribution in [1.82, 2.24) is 15.0 Å². The lowest BCUT2D eigenvalue weighted by Crippen LogP contribution is -2.00. The molecule has 5 nitrogen and oxygen atoms in total. The molecule has 2 aliphatic rings. The number of hydrogen-bond acceptors (Lipinski definition) is 5. The van der Waals surface area contributed by atoms with Crippen molar-refractivity contribution in [1.29, 1.82) is 0 Å². The van der Waals surface area contributed by atoms with Crippen LogP contribution in [0.1, 0.15) is 36.3 Å². The molecule has 2 fully saturated rings. The van der Waals surface area contributed by atoms with Crippen LogP contribution >= 0.6 is 0 Å². The van der Waals surface area contributed by atoms with Gasteiger partial charge in [-0.25, -0.2) is 4.98 Å². The van der Waals surface area contributed by atoms with E-state index in [2.05, 4.69) is 26.8 Å². The van der Waals surface area contributed by atoms with Gasteiger partial charge in [-0.2, -0.15) is 4.98 Å². The highest BCUT2D eigenvalue weighted by atomic mass is 19.1. The van der Waals surface area contributed by atoms with Gasteiger partial charge in [0.2, 0.25) is 5.88 Å². The van der Waals surface area contributed by atoms with Crippen LogP contribution in [-0.4, -0.2) is 35.8 Å². The molecule has 2 atom stereocenters. The van der Waals surface area contributed by atoms with Gasteiger partial charge in [-0.1, -0.05) is 11.8 Å². The largest absolute Gasteiger partial charge is 0.480 e. The van der Waals surface area contributed by atoms with Crippen molar-refractivity contribution in [2.75, 3.05) is 20.9 Å². The molecule has 2 heterocycles. The first-order valence-corrected chi connectivity index (χ1v) is 8.76. The highest BCUT2D eigenvalue weighted by molar-refractivity contribution is 5.66. The number of hydrogen-bond donors (Lipinski definition) is 0. The van der Waals surface area contributed by atoms with Crippen LogP contribution in [0.4, 0.5) is 4.39 Å². The van der Waals surface area contributed by atoms with Gasteiger partial charge in [0, 0.05) is 23.9 Å². The van der Waals surface area contributed by atoms with E-state index < -0.39 is 0 Å². The third-order valence-corrected chi connectivity index (χ3v) is 4.83. The summed E-state index contributed by atoms with van der Waals surface area (Å²) in [5.41, 5.74) is 3.33. The van der Waals surface area contributed by atoms with Gasteiger partial charge in [-0.3, -0.25) is 9.37 Å². The normalized spacial score (nSPS) is 20.9. The number of methoxy groups -OCH3 is 2. The van der Waals surface area contributed by atoms with Crippen LogP contribution < -0.4 is 9.47 Å². The second-order valence-electron chi connectivity index (χ2n) is 6.74. The standard InChI is InChI=1S/C20H20FN3O2/c1-25-19-17(11-23-20(24-19)26-2)18-8-16(15-7-14(15)9-21)13(10-22-18)6-5-12-3-4-12/h8,10-12,14-15H,3-4,7,9H2,1-2H3/t14-,15+/m1/s1. The van der Waals surface area contributed by atoms with Crippen LogP contribution in [0.25, 0.3) is 11.3 Å². The molecule has 0 aromatic carbocycles. The maximum atomic E-state index is 13.1. The molecule has 0 aliphatic heterocycles. The van der Waals surface area contributed by atoms with Gasteiger partial charge in [0.15, 0.2) is 0 Å². The van der Waals surface area contributed by atoms with Gasteiger partial charge in [-0.05, 0) is 42.7 Å². The van der Waals surface area contributed by atoms with E-state index in [1.165, 1.54) is 20.0 Å². The first-order chi connectivity index (χ1) is 12.7. The van der Waals surface area contributed by atoms with E-state index in [4.69, 9.17) is 9.47 Å². The Hall–Kier alpha value is -2.68. The van der Waals surface area contributed by atoms with E-state index in [0.717, 1.165) is 17.5 Å². The first-order valence-electron chi connectivity index (χ1n) is 8.76. The molecule has 0 bridgehead atoms. The summed E-state index contributed by atoms with van der Waals surface area (Å²) in [4.78, 5) is 12.9. The van der Waals surface area contributed by atoms with Crippen molar-refractivity contribution in [3.63, 3.8) is 0 Å². The molecule has 0 N–H and O–H groups in total. The Bertz CT molecular complexity index is 886. The van der Waals surface area contributed by atoms with Crippen LogP contribution in [0.5, 0.6) is 11.9 Å². The minimum Gasteiger partial charge on any atom is -0.480 e. The fourth-order valence-corrected chi connectivity index (χ4v) is 3.02. The average molecular weight is 353 g/mol. The summed E-state index contributed by atoms with van der Waals surface area (Å²) < 4.78 is 23.5. The number of alkyl halides is 1. The highest BCUT2D eigenvalue weighted by Crippen LogP contribution is 2.49. The summed E-state index contributed by atoms with van der Waals surface area (Å²) in [7, 11) is 3.05. The Kier molecular flexibility index (Phi) is 4.46. The molecule has 0 unspecified atom stereocenters.